The van der Waals surface area contributed by atoms with Gasteiger partial charge < -0.3 is 0 Å². The van der Waals surface area contributed by atoms with Gasteiger partial charge in [0.1, 0.15) is 16.0 Å². The van der Waals surface area contributed by atoms with Gasteiger partial charge in [0.25, 0.3) is 0 Å². The van der Waals surface area contributed by atoms with Crippen LogP contribution in [0.15, 0.2) is 140 Å². The van der Waals surface area contributed by atoms with Gasteiger partial charge in [-0.15, -0.1) is 11.3 Å². The van der Waals surface area contributed by atoms with Crippen LogP contribution in [0.5, 0.6) is 0 Å². The summed E-state index contributed by atoms with van der Waals surface area (Å²) < 4.78 is 3.46. The molecule has 0 aliphatic heterocycles. The molecule has 8 aromatic rings. The minimum Gasteiger partial charge on any atom is -0.291 e. The van der Waals surface area contributed by atoms with Gasteiger partial charge in [-0.05, 0) is 80.9 Å². The van der Waals surface area contributed by atoms with Crippen LogP contribution in [-0.2, 0) is 5.41 Å². The Labute approximate surface area is 252 Å². The van der Waals surface area contributed by atoms with E-state index in [0.29, 0.717) is 5.56 Å². The first-order valence-corrected chi connectivity index (χ1v) is 15.2. The van der Waals surface area contributed by atoms with Gasteiger partial charge in [-0.25, -0.2) is 4.98 Å². The molecule has 3 nitrogen and oxygen atoms in total. The average Bonchev–Trinajstić information content (AvgIpc) is 3.71. The topological polar surface area (TPSA) is 41.1 Å². The lowest BCUT2D eigenvalue weighted by Crippen LogP contribution is -2.28. The van der Waals surface area contributed by atoms with Crippen molar-refractivity contribution in [2.45, 2.75) is 5.41 Å². The molecule has 3 heterocycles. The number of thiophene rings is 1. The van der Waals surface area contributed by atoms with Crippen molar-refractivity contribution in [3.05, 3.63) is 167 Å². The van der Waals surface area contributed by atoms with E-state index in [2.05, 4.69) is 144 Å². The van der Waals surface area contributed by atoms with Crippen LogP contribution in [0.4, 0.5) is 0 Å². The third-order valence-electron chi connectivity index (χ3n) is 8.94. The van der Waals surface area contributed by atoms with Crippen molar-refractivity contribution in [2.24, 2.45) is 0 Å². The molecule has 5 aromatic carbocycles. The van der Waals surface area contributed by atoms with Gasteiger partial charge in [0, 0.05) is 16.3 Å². The molecule has 0 saturated heterocycles. The van der Waals surface area contributed by atoms with Crippen LogP contribution in [0.2, 0.25) is 0 Å². The molecule has 0 spiro atoms. The lowest BCUT2D eigenvalue weighted by molar-refractivity contribution is 0.768. The maximum atomic E-state index is 9.91. The van der Waals surface area contributed by atoms with E-state index in [1.54, 1.807) is 11.3 Å². The monoisotopic (exact) mass is 565 g/mol. The number of fused-ring (bicyclic) bond motifs is 8. The highest BCUT2D eigenvalue weighted by Crippen LogP contribution is 2.57. The standard InChI is InChI=1S/C39H23N3S/c40-24-25-15-17-30-31-18-16-26(27-19-20-42-36(23-27)41-37-32-13-7-8-14-35(32)43-38(37)42)22-34(31)39(33(30)21-25,28-9-3-1-4-10-28)29-11-5-2-6-12-29/h1-23H. The summed E-state index contributed by atoms with van der Waals surface area (Å²) in [6.07, 6.45) is 2.15. The molecule has 0 atom stereocenters. The van der Waals surface area contributed by atoms with Crippen LogP contribution in [0, 0.1) is 11.3 Å². The Hall–Kier alpha value is -5.50. The number of nitriles is 1. The molecule has 4 heteroatoms. The van der Waals surface area contributed by atoms with E-state index in [9.17, 15) is 5.26 Å². The Kier molecular flexibility index (Phi) is 5.05. The van der Waals surface area contributed by atoms with Gasteiger partial charge in [-0.1, -0.05) is 97.1 Å². The van der Waals surface area contributed by atoms with Crippen molar-refractivity contribution in [2.75, 3.05) is 0 Å². The van der Waals surface area contributed by atoms with Crippen LogP contribution in [0.25, 0.3) is 48.3 Å². The molecule has 0 fully saturated rings. The van der Waals surface area contributed by atoms with Crippen molar-refractivity contribution in [3.8, 4) is 28.3 Å². The third-order valence-corrected chi connectivity index (χ3v) is 10.1. The van der Waals surface area contributed by atoms with E-state index in [-0.39, 0.29) is 0 Å². The highest BCUT2D eigenvalue weighted by atomic mass is 32.1. The number of rotatable bonds is 3. The second kappa shape index (κ2) is 9.00. The maximum absolute atomic E-state index is 9.91. The van der Waals surface area contributed by atoms with E-state index >= 15 is 0 Å². The van der Waals surface area contributed by atoms with E-state index in [0.717, 1.165) is 27.9 Å². The second-order valence-corrected chi connectivity index (χ2v) is 12.2. The lowest BCUT2D eigenvalue weighted by atomic mass is 9.67. The van der Waals surface area contributed by atoms with Gasteiger partial charge in [-0.2, -0.15) is 5.26 Å². The number of pyridine rings is 1. The molecule has 0 N–H and O–H groups in total. The average molecular weight is 566 g/mol. The van der Waals surface area contributed by atoms with E-state index in [1.807, 2.05) is 6.07 Å². The molecule has 1 aliphatic carbocycles. The second-order valence-electron chi connectivity index (χ2n) is 11.1. The van der Waals surface area contributed by atoms with Crippen molar-refractivity contribution < 1.29 is 0 Å². The summed E-state index contributed by atoms with van der Waals surface area (Å²) in [7, 11) is 0. The Bertz CT molecular complexity index is 2370. The van der Waals surface area contributed by atoms with Gasteiger partial charge in [0.2, 0.25) is 0 Å². The zero-order valence-corrected chi connectivity index (χ0v) is 23.8. The Morgan fingerprint density at radius 2 is 1.30 bits per heavy atom. The highest BCUT2D eigenvalue weighted by Gasteiger charge is 2.46. The number of aromatic nitrogens is 2. The predicted molar refractivity (Wildman–Crippen MR) is 176 cm³/mol. The molecule has 43 heavy (non-hydrogen) atoms. The summed E-state index contributed by atoms with van der Waals surface area (Å²) in [5.41, 5.74) is 11.5. The van der Waals surface area contributed by atoms with E-state index < -0.39 is 5.41 Å². The van der Waals surface area contributed by atoms with Crippen LogP contribution < -0.4 is 0 Å². The Balaban J connectivity index is 1.30. The first-order chi connectivity index (χ1) is 21.3. The summed E-state index contributed by atoms with van der Waals surface area (Å²) >= 11 is 1.78. The third kappa shape index (κ3) is 3.31. The minimum absolute atomic E-state index is 0.561. The molecule has 0 radical (unpaired) electrons. The van der Waals surface area contributed by atoms with E-state index in [4.69, 9.17) is 4.98 Å². The van der Waals surface area contributed by atoms with Crippen LogP contribution in [0.3, 0.4) is 0 Å². The van der Waals surface area contributed by atoms with Gasteiger partial charge in [-0.3, -0.25) is 4.40 Å². The van der Waals surface area contributed by atoms with Gasteiger partial charge in [0.05, 0.1) is 17.0 Å². The number of hydrogen-bond acceptors (Lipinski definition) is 3. The number of benzene rings is 5. The summed E-state index contributed by atoms with van der Waals surface area (Å²) in [5, 5.41) is 11.1. The molecule has 0 bridgehead atoms. The fraction of sp³-hybridized carbons (Fsp3) is 0.0256. The quantitative estimate of drug-likeness (QED) is 0.214. The minimum atomic E-state index is -0.561. The summed E-state index contributed by atoms with van der Waals surface area (Å²) in [6.45, 7) is 0. The first-order valence-electron chi connectivity index (χ1n) is 14.4. The van der Waals surface area contributed by atoms with Crippen molar-refractivity contribution in [1.29, 1.82) is 5.26 Å². The Morgan fingerprint density at radius 3 is 2.05 bits per heavy atom. The highest BCUT2D eigenvalue weighted by molar-refractivity contribution is 7.25. The molecule has 0 amide bonds. The Morgan fingerprint density at radius 1 is 0.651 bits per heavy atom. The molecule has 200 valence electrons. The molecule has 0 saturated carbocycles. The van der Waals surface area contributed by atoms with Crippen LogP contribution >= 0.6 is 11.3 Å². The van der Waals surface area contributed by atoms with Crippen molar-refractivity contribution >= 4 is 37.4 Å². The fourth-order valence-corrected chi connectivity index (χ4v) is 8.20. The molecule has 9 rings (SSSR count). The number of imidazole rings is 1. The molecular weight excluding hydrogens is 543 g/mol. The SMILES string of the molecule is N#Cc1ccc2c(c1)C(c1ccccc1)(c1ccccc1)c1cc(-c3ccn4c(c3)nc3c5ccccc5sc34)ccc1-2. The molecule has 0 unspecified atom stereocenters. The summed E-state index contributed by atoms with van der Waals surface area (Å²) in [5.74, 6) is 0. The largest absolute Gasteiger partial charge is 0.291 e. The van der Waals surface area contributed by atoms with Gasteiger partial charge in [0.15, 0.2) is 0 Å². The lowest BCUT2D eigenvalue weighted by Gasteiger charge is -2.34. The normalized spacial score (nSPS) is 13.3. The van der Waals surface area contributed by atoms with Crippen LogP contribution in [-0.4, -0.2) is 9.38 Å². The zero-order chi connectivity index (χ0) is 28.5. The van der Waals surface area contributed by atoms with Gasteiger partial charge >= 0.3 is 0 Å². The maximum Gasteiger partial charge on any atom is 0.139 e. The van der Waals surface area contributed by atoms with Crippen molar-refractivity contribution in [1.82, 2.24) is 9.38 Å². The number of hydrogen-bond donors (Lipinski definition) is 0. The summed E-state index contributed by atoms with van der Waals surface area (Å²) in [6, 6.07) is 49.7. The fourth-order valence-electron chi connectivity index (χ4n) is 7.07. The van der Waals surface area contributed by atoms with Crippen LogP contribution in [0.1, 0.15) is 27.8 Å². The molecular formula is C39H23N3S. The van der Waals surface area contributed by atoms with E-state index in [1.165, 1.54) is 42.7 Å². The summed E-state index contributed by atoms with van der Waals surface area (Å²) in [4.78, 5) is 6.25. The smallest absolute Gasteiger partial charge is 0.139 e. The zero-order valence-electron chi connectivity index (χ0n) is 23.0. The predicted octanol–water partition coefficient (Wildman–Crippen LogP) is 9.60. The molecule has 1 aliphatic rings. The first kappa shape index (κ1) is 24.1. The number of nitrogens with zero attached hydrogens (tertiary/aromatic N) is 3. The van der Waals surface area contributed by atoms with Crippen molar-refractivity contribution in [3.63, 3.8) is 0 Å². The molecule has 3 aromatic heterocycles.